The van der Waals surface area contributed by atoms with Gasteiger partial charge in [-0.1, -0.05) is 43.6 Å². The molecule has 0 spiro atoms. The van der Waals surface area contributed by atoms with E-state index in [0.29, 0.717) is 5.56 Å². The maximum Gasteiger partial charge on any atom is 0.305 e. The molecule has 0 unspecified atom stereocenters. The molecule has 0 saturated carbocycles. The summed E-state index contributed by atoms with van der Waals surface area (Å²) in [5.74, 6) is -0.114. The number of carbonyl (C=O) groups is 1. The minimum Gasteiger partial charge on any atom is -0.264 e. The Morgan fingerprint density at radius 1 is 1.00 bits per heavy atom. The Morgan fingerprint density at radius 3 is 2.11 bits per heavy atom. The Kier molecular flexibility index (Phi) is 3.65. The monoisotopic (exact) mass is 255 g/mol. The van der Waals surface area contributed by atoms with Gasteiger partial charge < -0.3 is 0 Å². The van der Waals surface area contributed by atoms with E-state index >= 15 is 0 Å². The number of aromatic nitrogens is 1. The number of nitrogens with one attached hydrogen (secondary N) is 1. The largest absolute Gasteiger partial charge is 0.305 e. The lowest BCUT2D eigenvalue weighted by atomic mass is 9.87. The number of carbonyl (C=O) groups excluding carboxylic acids is 1. The lowest BCUT2D eigenvalue weighted by molar-refractivity contribution is -0.641. The van der Waals surface area contributed by atoms with Gasteiger partial charge in [-0.05, 0) is 23.1 Å². The fourth-order valence-electron chi connectivity index (χ4n) is 1.78. The fraction of sp³-hybridized carbons (Fsp3) is 0.250. The van der Waals surface area contributed by atoms with Gasteiger partial charge in [0.25, 0.3) is 0 Å². The molecule has 0 saturated heterocycles. The van der Waals surface area contributed by atoms with Gasteiger partial charge in [0, 0.05) is 17.7 Å². The zero-order chi connectivity index (χ0) is 13.9. The van der Waals surface area contributed by atoms with E-state index in [1.54, 1.807) is 17.1 Å². The SMILES string of the molecule is CC(C)(C)c1ccc(C(=O)N[n+]2ccccc2)cc1. The van der Waals surface area contributed by atoms with E-state index in [9.17, 15) is 4.79 Å². The first-order valence-corrected chi connectivity index (χ1v) is 6.35. The molecule has 0 aliphatic carbocycles. The summed E-state index contributed by atoms with van der Waals surface area (Å²) in [7, 11) is 0. The van der Waals surface area contributed by atoms with Crippen molar-refractivity contribution in [3.63, 3.8) is 0 Å². The van der Waals surface area contributed by atoms with Gasteiger partial charge in [0.05, 0.1) is 0 Å². The Bertz CT molecular complexity index is 554. The van der Waals surface area contributed by atoms with Crippen molar-refractivity contribution in [2.24, 2.45) is 0 Å². The molecule has 0 atom stereocenters. The van der Waals surface area contributed by atoms with Crippen LogP contribution in [0.5, 0.6) is 0 Å². The molecule has 1 aromatic carbocycles. The van der Waals surface area contributed by atoms with E-state index in [0.717, 1.165) is 0 Å². The molecule has 2 aromatic rings. The third kappa shape index (κ3) is 3.41. The maximum absolute atomic E-state index is 12.0. The van der Waals surface area contributed by atoms with Crippen LogP contribution in [0.4, 0.5) is 0 Å². The number of amides is 1. The van der Waals surface area contributed by atoms with Gasteiger partial charge in [0.1, 0.15) is 0 Å². The van der Waals surface area contributed by atoms with Crippen molar-refractivity contribution in [1.29, 1.82) is 0 Å². The molecule has 0 bridgehead atoms. The molecule has 3 heteroatoms. The van der Waals surface area contributed by atoms with E-state index in [1.165, 1.54) is 5.56 Å². The Hall–Kier alpha value is -2.16. The zero-order valence-corrected chi connectivity index (χ0v) is 11.6. The summed E-state index contributed by atoms with van der Waals surface area (Å²) in [6, 6.07) is 13.4. The fourth-order valence-corrected chi connectivity index (χ4v) is 1.78. The van der Waals surface area contributed by atoms with Gasteiger partial charge in [-0.15, -0.1) is 5.43 Å². The van der Waals surface area contributed by atoms with E-state index in [4.69, 9.17) is 0 Å². The van der Waals surface area contributed by atoms with Crippen LogP contribution < -0.4 is 10.1 Å². The summed E-state index contributed by atoms with van der Waals surface area (Å²) in [5, 5.41) is 0. The first kappa shape index (κ1) is 13.3. The summed E-state index contributed by atoms with van der Waals surface area (Å²) in [6.07, 6.45) is 3.59. The highest BCUT2D eigenvalue weighted by Crippen LogP contribution is 2.22. The van der Waals surface area contributed by atoms with Gasteiger partial charge in [-0.25, -0.2) is 0 Å². The zero-order valence-electron chi connectivity index (χ0n) is 11.6. The second kappa shape index (κ2) is 5.22. The van der Waals surface area contributed by atoms with Crippen LogP contribution in [-0.2, 0) is 5.41 Å². The molecule has 0 radical (unpaired) electrons. The number of hydrogen-bond donors (Lipinski definition) is 1. The summed E-state index contributed by atoms with van der Waals surface area (Å²) in [4.78, 5) is 12.0. The highest BCUT2D eigenvalue weighted by atomic mass is 16.2. The van der Waals surface area contributed by atoms with E-state index in [1.807, 2.05) is 42.5 Å². The average Bonchev–Trinajstić information content (AvgIpc) is 2.39. The van der Waals surface area contributed by atoms with Crippen molar-refractivity contribution < 1.29 is 9.47 Å². The summed E-state index contributed by atoms with van der Waals surface area (Å²) in [5.41, 5.74) is 4.77. The van der Waals surface area contributed by atoms with Crippen molar-refractivity contribution in [1.82, 2.24) is 0 Å². The van der Waals surface area contributed by atoms with Crippen LogP contribution in [0.1, 0.15) is 36.7 Å². The highest BCUT2D eigenvalue weighted by Gasteiger charge is 2.15. The number of nitrogens with zero attached hydrogens (tertiary/aromatic N) is 1. The summed E-state index contributed by atoms with van der Waals surface area (Å²) < 4.78 is 1.64. The van der Waals surface area contributed by atoms with Crippen LogP contribution in [0.3, 0.4) is 0 Å². The lowest BCUT2D eigenvalue weighted by Gasteiger charge is -2.18. The van der Waals surface area contributed by atoms with Crippen molar-refractivity contribution in [2.75, 3.05) is 5.43 Å². The van der Waals surface area contributed by atoms with Crippen molar-refractivity contribution in [3.05, 3.63) is 66.0 Å². The second-order valence-electron chi connectivity index (χ2n) is 5.55. The van der Waals surface area contributed by atoms with Gasteiger partial charge in [-0.2, -0.15) is 0 Å². The third-order valence-corrected chi connectivity index (χ3v) is 2.96. The average molecular weight is 255 g/mol. The van der Waals surface area contributed by atoms with E-state index in [2.05, 4.69) is 26.2 Å². The van der Waals surface area contributed by atoms with Crippen LogP contribution >= 0.6 is 0 Å². The number of pyridine rings is 1. The van der Waals surface area contributed by atoms with Crippen molar-refractivity contribution in [3.8, 4) is 0 Å². The maximum atomic E-state index is 12.0. The molecular formula is C16H19N2O+. The van der Waals surface area contributed by atoms with Gasteiger partial charge in [0.2, 0.25) is 0 Å². The van der Waals surface area contributed by atoms with Crippen LogP contribution in [0, 0.1) is 0 Å². The quantitative estimate of drug-likeness (QED) is 0.822. The second-order valence-corrected chi connectivity index (χ2v) is 5.55. The van der Waals surface area contributed by atoms with Crippen LogP contribution in [0.25, 0.3) is 0 Å². The lowest BCUT2D eigenvalue weighted by Crippen LogP contribution is -2.47. The van der Waals surface area contributed by atoms with Crippen molar-refractivity contribution >= 4 is 5.91 Å². The first-order chi connectivity index (χ1) is 8.97. The molecule has 0 aliphatic heterocycles. The molecule has 2 rings (SSSR count). The van der Waals surface area contributed by atoms with Gasteiger partial charge in [0.15, 0.2) is 12.4 Å². The molecule has 1 amide bonds. The Balaban J connectivity index is 2.12. The van der Waals surface area contributed by atoms with Crippen LogP contribution in [0.2, 0.25) is 0 Å². The molecule has 19 heavy (non-hydrogen) atoms. The molecule has 3 nitrogen and oxygen atoms in total. The van der Waals surface area contributed by atoms with E-state index < -0.39 is 0 Å². The molecule has 0 aliphatic rings. The van der Waals surface area contributed by atoms with Gasteiger partial charge >= 0.3 is 5.91 Å². The molecule has 1 aromatic heterocycles. The van der Waals surface area contributed by atoms with E-state index in [-0.39, 0.29) is 11.3 Å². The number of hydrogen-bond acceptors (Lipinski definition) is 1. The predicted molar refractivity (Wildman–Crippen MR) is 75.5 cm³/mol. The topological polar surface area (TPSA) is 33.0 Å². The van der Waals surface area contributed by atoms with Gasteiger partial charge in [-0.3, -0.25) is 4.79 Å². The molecular weight excluding hydrogens is 236 g/mol. The number of benzene rings is 1. The highest BCUT2D eigenvalue weighted by molar-refractivity contribution is 5.98. The molecule has 0 fully saturated rings. The standard InChI is InChI=1S/C16H18N2O/c1-16(2,3)14-9-7-13(8-10-14)15(19)17-18-11-5-4-6-12-18/h4-12H,1-3H3/p+1. The van der Waals surface area contributed by atoms with Crippen LogP contribution in [-0.4, -0.2) is 5.91 Å². The smallest absolute Gasteiger partial charge is 0.264 e. The minimum absolute atomic E-state index is 0.100. The molecule has 98 valence electrons. The first-order valence-electron chi connectivity index (χ1n) is 6.35. The Labute approximate surface area is 113 Å². The van der Waals surface area contributed by atoms with Crippen LogP contribution in [0.15, 0.2) is 54.9 Å². The molecule has 1 heterocycles. The number of rotatable bonds is 2. The summed E-state index contributed by atoms with van der Waals surface area (Å²) >= 11 is 0. The van der Waals surface area contributed by atoms with Crippen molar-refractivity contribution in [2.45, 2.75) is 26.2 Å². The molecule has 1 N–H and O–H groups in total. The Morgan fingerprint density at radius 2 is 1.58 bits per heavy atom. The minimum atomic E-state index is -0.114. The predicted octanol–water partition coefficient (Wildman–Crippen LogP) is 2.66. The third-order valence-electron chi connectivity index (χ3n) is 2.96. The summed E-state index contributed by atoms with van der Waals surface area (Å²) in [6.45, 7) is 6.46. The normalized spacial score (nSPS) is 11.1.